The van der Waals surface area contributed by atoms with E-state index < -0.39 is 0 Å². The molecule has 110 valence electrons. The molecule has 1 aliphatic heterocycles. The molecule has 1 fully saturated rings. The molecular formula is C13H20N4O3. The second-order valence-corrected chi connectivity index (χ2v) is 5.06. The quantitative estimate of drug-likeness (QED) is 0.899. The maximum absolute atomic E-state index is 12.1. The lowest BCUT2D eigenvalue weighted by Crippen LogP contribution is -2.43. The van der Waals surface area contributed by atoms with E-state index in [2.05, 4.69) is 15.5 Å². The Labute approximate surface area is 117 Å². The van der Waals surface area contributed by atoms with Crippen LogP contribution in [0.25, 0.3) is 0 Å². The van der Waals surface area contributed by atoms with Gasteiger partial charge in [0.25, 0.3) is 0 Å². The molecule has 1 aromatic rings. The minimum absolute atomic E-state index is 0.115. The minimum atomic E-state index is -0.211. The standard InChI is InChI=1S/C13H20N4O3/c1-3-5-11(18)17-7-4-6-10(8-17)12(19)15-13-14-9(2)16-20-13/h10H,3-8H2,1-2H3,(H,14,15,16,19). The van der Waals surface area contributed by atoms with Gasteiger partial charge in [-0.3, -0.25) is 14.9 Å². The van der Waals surface area contributed by atoms with Gasteiger partial charge in [0, 0.05) is 19.5 Å². The van der Waals surface area contributed by atoms with E-state index in [1.54, 1.807) is 11.8 Å². The first-order chi connectivity index (χ1) is 9.60. The van der Waals surface area contributed by atoms with Crippen molar-refractivity contribution in [3.05, 3.63) is 5.82 Å². The van der Waals surface area contributed by atoms with Gasteiger partial charge in [-0.05, 0) is 26.2 Å². The Balaban J connectivity index is 1.91. The van der Waals surface area contributed by atoms with Crippen LogP contribution in [0.5, 0.6) is 0 Å². The number of amides is 2. The van der Waals surface area contributed by atoms with Crippen molar-refractivity contribution in [1.82, 2.24) is 15.0 Å². The summed E-state index contributed by atoms with van der Waals surface area (Å²) in [7, 11) is 0. The molecule has 2 amide bonds. The van der Waals surface area contributed by atoms with Gasteiger partial charge in [0.05, 0.1) is 5.92 Å². The van der Waals surface area contributed by atoms with Crippen LogP contribution in [0.15, 0.2) is 4.52 Å². The third-order valence-electron chi connectivity index (χ3n) is 3.37. The monoisotopic (exact) mass is 280 g/mol. The first kappa shape index (κ1) is 14.5. The predicted molar refractivity (Wildman–Crippen MR) is 71.9 cm³/mol. The topological polar surface area (TPSA) is 88.3 Å². The Kier molecular flexibility index (Phi) is 4.70. The number of carbonyl (C=O) groups excluding carboxylic acids is 2. The largest absolute Gasteiger partial charge is 0.342 e. The Morgan fingerprint density at radius 1 is 1.50 bits per heavy atom. The second-order valence-electron chi connectivity index (χ2n) is 5.06. The van der Waals surface area contributed by atoms with E-state index in [-0.39, 0.29) is 23.7 Å². The molecule has 1 saturated heterocycles. The fourth-order valence-corrected chi connectivity index (χ4v) is 2.34. The zero-order valence-corrected chi connectivity index (χ0v) is 11.9. The first-order valence-corrected chi connectivity index (χ1v) is 6.99. The molecule has 7 nitrogen and oxygen atoms in total. The Morgan fingerprint density at radius 3 is 2.95 bits per heavy atom. The Bertz CT molecular complexity index is 486. The molecule has 20 heavy (non-hydrogen) atoms. The Morgan fingerprint density at radius 2 is 2.30 bits per heavy atom. The number of hydrogen-bond acceptors (Lipinski definition) is 5. The molecule has 1 atom stereocenters. The molecule has 7 heteroatoms. The molecular weight excluding hydrogens is 260 g/mol. The van der Waals surface area contributed by atoms with Gasteiger partial charge < -0.3 is 9.42 Å². The molecule has 0 aromatic carbocycles. The summed E-state index contributed by atoms with van der Waals surface area (Å²) in [5.74, 6) is 0.224. The van der Waals surface area contributed by atoms with Gasteiger partial charge in [-0.25, -0.2) is 0 Å². The number of aromatic nitrogens is 2. The fraction of sp³-hybridized carbons (Fsp3) is 0.692. The predicted octanol–water partition coefficient (Wildman–Crippen LogP) is 1.36. The third kappa shape index (κ3) is 3.55. The Hall–Kier alpha value is -1.92. The molecule has 0 bridgehead atoms. The summed E-state index contributed by atoms with van der Waals surface area (Å²) in [5.41, 5.74) is 0. The van der Waals surface area contributed by atoms with Crippen LogP contribution in [0.3, 0.4) is 0 Å². The molecule has 0 saturated carbocycles. The molecule has 1 aliphatic rings. The van der Waals surface area contributed by atoms with Gasteiger partial charge in [0.1, 0.15) is 0 Å². The van der Waals surface area contributed by atoms with Crippen LogP contribution in [0.2, 0.25) is 0 Å². The van der Waals surface area contributed by atoms with Crippen molar-refractivity contribution in [2.45, 2.75) is 39.5 Å². The lowest BCUT2D eigenvalue weighted by atomic mass is 9.97. The zero-order valence-electron chi connectivity index (χ0n) is 11.9. The van der Waals surface area contributed by atoms with Crippen molar-refractivity contribution < 1.29 is 14.1 Å². The van der Waals surface area contributed by atoms with E-state index >= 15 is 0 Å². The van der Waals surface area contributed by atoms with E-state index in [1.807, 2.05) is 6.92 Å². The van der Waals surface area contributed by atoms with E-state index in [4.69, 9.17) is 4.52 Å². The first-order valence-electron chi connectivity index (χ1n) is 6.99. The van der Waals surface area contributed by atoms with Gasteiger partial charge in [-0.1, -0.05) is 12.1 Å². The van der Waals surface area contributed by atoms with Crippen LogP contribution in [0, 0.1) is 12.8 Å². The average Bonchev–Trinajstić information content (AvgIpc) is 2.84. The van der Waals surface area contributed by atoms with Crippen molar-refractivity contribution in [2.24, 2.45) is 5.92 Å². The summed E-state index contributed by atoms with van der Waals surface area (Å²) < 4.78 is 4.87. The summed E-state index contributed by atoms with van der Waals surface area (Å²) in [6.45, 7) is 4.87. The van der Waals surface area contributed by atoms with Crippen molar-refractivity contribution >= 4 is 17.8 Å². The van der Waals surface area contributed by atoms with Gasteiger partial charge in [-0.15, -0.1) is 0 Å². The number of hydrogen-bond donors (Lipinski definition) is 1. The lowest BCUT2D eigenvalue weighted by molar-refractivity contribution is -0.134. The number of anilines is 1. The average molecular weight is 280 g/mol. The maximum Gasteiger partial charge on any atom is 0.328 e. The molecule has 2 rings (SSSR count). The number of carbonyl (C=O) groups is 2. The van der Waals surface area contributed by atoms with E-state index in [0.717, 1.165) is 25.8 Å². The van der Waals surface area contributed by atoms with E-state index in [1.165, 1.54) is 0 Å². The second kappa shape index (κ2) is 6.49. The smallest absolute Gasteiger partial charge is 0.328 e. The number of piperidine rings is 1. The van der Waals surface area contributed by atoms with Crippen LogP contribution in [0.4, 0.5) is 6.01 Å². The summed E-state index contributed by atoms with van der Waals surface area (Å²) in [5, 5.41) is 6.22. The molecule has 0 radical (unpaired) electrons. The van der Waals surface area contributed by atoms with Gasteiger partial charge in [0.2, 0.25) is 11.8 Å². The summed E-state index contributed by atoms with van der Waals surface area (Å²) in [6.07, 6.45) is 2.98. The number of aryl methyl sites for hydroxylation is 1. The van der Waals surface area contributed by atoms with E-state index in [9.17, 15) is 9.59 Å². The van der Waals surface area contributed by atoms with Gasteiger partial charge in [-0.2, -0.15) is 4.98 Å². The van der Waals surface area contributed by atoms with Crippen molar-refractivity contribution in [2.75, 3.05) is 18.4 Å². The minimum Gasteiger partial charge on any atom is -0.342 e. The maximum atomic E-state index is 12.1. The van der Waals surface area contributed by atoms with Crippen LogP contribution in [0.1, 0.15) is 38.4 Å². The molecule has 1 aromatic heterocycles. The highest BCUT2D eigenvalue weighted by atomic mass is 16.5. The number of nitrogens with zero attached hydrogens (tertiary/aromatic N) is 3. The van der Waals surface area contributed by atoms with Crippen molar-refractivity contribution in [1.29, 1.82) is 0 Å². The molecule has 2 heterocycles. The normalized spacial score (nSPS) is 18.9. The van der Waals surface area contributed by atoms with Crippen LogP contribution < -0.4 is 5.32 Å². The number of nitrogens with one attached hydrogen (secondary N) is 1. The zero-order chi connectivity index (χ0) is 14.5. The highest BCUT2D eigenvalue weighted by Gasteiger charge is 2.28. The lowest BCUT2D eigenvalue weighted by Gasteiger charge is -2.31. The number of likely N-dealkylation sites (tertiary alicyclic amines) is 1. The van der Waals surface area contributed by atoms with Crippen LogP contribution in [-0.2, 0) is 9.59 Å². The molecule has 1 unspecified atom stereocenters. The highest BCUT2D eigenvalue weighted by Crippen LogP contribution is 2.19. The third-order valence-corrected chi connectivity index (χ3v) is 3.37. The van der Waals surface area contributed by atoms with Crippen molar-refractivity contribution in [3.8, 4) is 0 Å². The van der Waals surface area contributed by atoms with Crippen LogP contribution in [-0.4, -0.2) is 39.9 Å². The highest BCUT2D eigenvalue weighted by molar-refractivity contribution is 5.91. The molecule has 0 spiro atoms. The SMILES string of the molecule is CCCC(=O)N1CCCC(C(=O)Nc2nc(C)no2)C1. The van der Waals surface area contributed by atoms with Gasteiger partial charge >= 0.3 is 6.01 Å². The van der Waals surface area contributed by atoms with E-state index in [0.29, 0.717) is 18.8 Å². The summed E-state index contributed by atoms with van der Waals surface area (Å²) >= 11 is 0. The summed E-state index contributed by atoms with van der Waals surface area (Å²) in [6, 6.07) is 0.115. The summed E-state index contributed by atoms with van der Waals surface area (Å²) in [4.78, 5) is 29.7. The van der Waals surface area contributed by atoms with Crippen LogP contribution >= 0.6 is 0 Å². The number of rotatable bonds is 4. The van der Waals surface area contributed by atoms with Gasteiger partial charge in [0.15, 0.2) is 5.82 Å². The van der Waals surface area contributed by atoms with Crippen molar-refractivity contribution in [3.63, 3.8) is 0 Å². The fourth-order valence-electron chi connectivity index (χ4n) is 2.34. The molecule has 1 N–H and O–H groups in total. The molecule has 0 aliphatic carbocycles.